The van der Waals surface area contributed by atoms with Crippen LogP contribution in [-0.2, 0) is 15.6 Å². The van der Waals surface area contributed by atoms with Crippen LogP contribution in [0.3, 0.4) is 0 Å². The molecule has 1 aromatic rings. The van der Waals surface area contributed by atoms with Crippen LogP contribution >= 0.6 is 0 Å². The lowest BCUT2D eigenvalue weighted by Gasteiger charge is -2.24. The van der Waals surface area contributed by atoms with E-state index in [1.165, 1.54) is 0 Å². The molecule has 4 nitrogen and oxygen atoms in total. The molecule has 116 valence electrons. The summed E-state index contributed by atoms with van der Waals surface area (Å²) in [6.07, 6.45) is 1.72. The summed E-state index contributed by atoms with van der Waals surface area (Å²) in [5.41, 5.74) is 1.09. The van der Waals surface area contributed by atoms with E-state index in [4.69, 9.17) is 0 Å². The lowest BCUT2D eigenvalue weighted by molar-refractivity contribution is -0.130. The van der Waals surface area contributed by atoms with Crippen LogP contribution < -0.4 is 5.32 Å². The van der Waals surface area contributed by atoms with E-state index in [2.05, 4.69) is 12.2 Å². The fourth-order valence-electron chi connectivity index (χ4n) is 2.67. The number of nitrogens with one attached hydrogen (secondary N) is 1. The zero-order valence-electron chi connectivity index (χ0n) is 12.7. The van der Waals surface area contributed by atoms with Gasteiger partial charge in [-0.1, -0.05) is 50.6 Å². The summed E-state index contributed by atoms with van der Waals surface area (Å²) in [4.78, 5) is 14.4. The molecule has 1 saturated heterocycles. The largest absolute Gasteiger partial charge is 0.321 e. The van der Waals surface area contributed by atoms with Crippen molar-refractivity contribution in [2.24, 2.45) is 0 Å². The number of nitrogens with zero attached hydrogens (tertiary/aromatic N) is 1. The maximum absolute atomic E-state index is 12.5. The molecule has 21 heavy (non-hydrogen) atoms. The highest BCUT2D eigenvalue weighted by Crippen LogP contribution is 2.26. The van der Waals surface area contributed by atoms with Crippen molar-refractivity contribution in [3.05, 3.63) is 35.9 Å². The van der Waals surface area contributed by atoms with Crippen molar-refractivity contribution in [2.75, 3.05) is 18.1 Å². The number of hydrogen-bond donors (Lipinski definition) is 1. The maximum atomic E-state index is 12.5. The Labute approximate surface area is 129 Å². The van der Waals surface area contributed by atoms with Crippen molar-refractivity contribution >= 4 is 16.7 Å². The van der Waals surface area contributed by atoms with Crippen LogP contribution in [0.1, 0.15) is 38.4 Å². The van der Waals surface area contributed by atoms with Crippen LogP contribution in [0.5, 0.6) is 0 Å². The SMILES string of the molecule is CCCC1NC(c2ccccc2)N(CCS(=O)CC)C1=O. The Balaban J connectivity index is 2.15. The third-order valence-electron chi connectivity index (χ3n) is 3.83. The van der Waals surface area contributed by atoms with Crippen LogP contribution in [0.15, 0.2) is 30.3 Å². The molecule has 0 spiro atoms. The van der Waals surface area contributed by atoms with Gasteiger partial charge < -0.3 is 4.90 Å². The second kappa shape index (κ2) is 7.71. The molecule has 3 unspecified atom stereocenters. The normalized spacial score (nSPS) is 23.5. The Kier molecular flexibility index (Phi) is 5.94. The Hall–Kier alpha value is -1.20. The van der Waals surface area contributed by atoms with E-state index in [0.29, 0.717) is 18.1 Å². The zero-order valence-corrected chi connectivity index (χ0v) is 13.6. The van der Waals surface area contributed by atoms with E-state index in [9.17, 15) is 9.00 Å². The van der Waals surface area contributed by atoms with Gasteiger partial charge in [0.05, 0.1) is 6.04 Å². The van der Waals surface area contributed by atoms with E-state index >= 15 is 0 Å². The number of carbonyl (C=O) groups is 1. The van der Waals surface area contributed by atoms with Crippen molar-refractivity contribution in [1.29, 1.82) is 0 Å². The standard InChI is InChI=1S/C16H24N2O2S/c1-3-8-14-16(19)18(11-12-21(20)4-2)15(17-14)13-9-6-5-7-10-13/h5-7,9-10,14-15,17H,3-4,8,11-12H2,1-2H3. The Morgan fingerprint density at radius 2 is 1.95 bits per heavy atom. The number of hydrogen-bond acceptors (Lipinski definition) is 3. The maximum Gasteiger partial charge on any atom is 0.241 e. The summed E-state index contributed by atoms with van der Waals surface area (Å²) in [6.45, 7) is 4.54. The second-order valence-corrected chi connectivity index (χ2v) is 7.15. The topological polar surface area (TPSA) is 49.4 Å². The van der Waals surface area contributed by atoms with Crippen molar-refractivity contribution < 1.29 is 9.00 Å². The van der Waals surface area contributed by atoms with Gasteiger partial charge >= 0.3 is 0 Å². The highest BCUT2D eigenvalue weighted by atomic mass is 32.2. The average molecular weight is 308 g/mol. The summed E-state index contributed by atoms with van der Waals surface area (Å²) in [5, 5.41) is 3.43. The predicted molar refractivity (Wildman–Crippen MR) is 86.3 cm³/mol. The van der Waals surface area contributed by atoms with Gasteiger partial charge in [-0.25, -0.2) is 0 Å². The van der Waals surface area contributed by atoms with Crippen LogP contribution in [-0.4, -0.2) is 39.1 Å². The molecule has 1 aliphatic heterocycles. The molecule has 1 aromatic carbocycles. The number of benzene rings is 1. The van der Waals surface area contributed by atoms with E-state index in [1.807, 2.05) is 42.2 Å². The molecule has 3 atom stereocenters. The first-order valence-electron chi connectivity index (χ1n) is 7.63. The van der Waals surface area contributed by atoms with Gasteiger partial charge in [-0.3, -0.25) is 14.3 Å². The first-order chi connectivity index (χ1) is 10.2. The van der Waals surface area contributed by atoms with Crippen molar-refractivity contribution in [3.8, 4) is 0 Å². The highest BCUT2D eigenvalue weighted by molar-refractivity contribution is 7.84. The van der Waals surface area contributed by atoms with Crippen LogP contribution in [0.4, 0.5) is 0 Å². The Morgan fingerprint density at radius 1 is 1.24 bits per heavy atom. The smallest absolute Gasteiger partial charge is 0.241 e. The summed E-state index contributed by atoms with van der Waals surface area (Å²) in [7, 11) is -0.846. The van der Waals surface area contributed by atoms with Gasteiger partial charge in [0.15, 0.2) is 0 Å². The zero-order chi connectivity index (χ0) is 15.2. The lowest BCUT2D eigenvalue weighted by Crippen LogP contribution is -2.34. The summed E-state index contributed by atoms with van der Waals surface area (Å²) >= 11 is 0. The molecule has 5 heteroatoms. The minimum absolute atomic E-state index is 0.0934. The fourth-order valence-corrected chi connectivity index (χ4v) is 3.36. The number of amides is 1. The highest BCUT2D eigenvalue weighted by Gasteiger charge is 2.38. The van der Waals surface area contributed by atoms with Crippen LogP contribution in [0, 0.1) is 0 Å². The predicted octanol–water partition coefficient (Wildman–Crippen LogP) is 2.05. The van der Waals surface area contributed by atoms with Crippen LogP contribution in [0.25, 0.3) is 0 Å². The van der Waals surface area contributed by atoms with E-state index in [0.717, 1.165) is 18.4 Å². The molecule has 0 saturated carbocycles. The molecule has 0 aromatic heterocycles. The molecule has 0 radical (unpaired) electrons. The Morgan fingerprint density at radius 3 is 2.57 bits per heavy atom. The third-order valence-corrected chi connectivity index (χ3v) is 5.11. The number of carbonyl (C=O) groups excluding carboxylic acids is 1. The molecule has 1 heterocycles. The molecule has 1 amide bonds. The molecule has 0 bridgehead atoms. The summed E-state index contributed by atoms with van der Waals surface area (Å²) in [5.74, 6) is 1.33. The quantitative estimate of drug-likeness (QED) is 0.839. The van der Waals surface area contributed by atoms with E-state index < -0.39 is 10.8 Å². The van der Waals surface area contributed by atoms with Crippen molar-refractivity contribution in [2.45, 2.75) is 38.9 Å². The minimum atomic E-state index is -0.846. The second-order valence-electron chi connectivity index (χ2n) is 5.29. The van der Waals surface area contributed by atoms with Crippen molar-refractivity contribution in [3.63, 3.8) is 0 Å². The molecular weight excluding hydrogens is 284 g/mol. The summed E-state index contributed by atoms with van der Waals surface area (Å²) in [6, 6.07) is 9.88. The van der Waals surface area contributed by atoms with Crippen molar-refractivity contribution in [1.82, 2.24) is 10.2 Å². The van der Waals surface area contributed by atoms with Gasteiger partial charge in [-0.15, -0.1) is 0 Å². The lowest BCUT2D eigenvalue weighted by atomic mass is 10.1. The molecule has 1 aliphatic rings. The van der Waals surface area contributed by atoms with Gasteiger partial charge in [-0.2, -0.15) is 0 Å². The molecule has 1 N–H and O–H groups in total. The van der Waals surface area contributed by atoms with E-state index in [-0.39, 0.29) is 18.1 Å². The number of rotatable bonds is 7. The third kappa shape index (κ3) is 3.92. The molecule has 0 aliphatic carbocycles. The van der Waals surface area contributed by atoms with Crippen LogP contribution in [0.2, 0.25) is 0 Å². The minimum Gasteiger partial charge on any atom is -0.321 e. The Bertz CT molecular complexity index is 492. The first kappa shape index (κ1) is 16.2. The van der Waals surface area contributed by atoms with Gasteiger partial charge in [0.1, 0.15) is 6.17 Å². The molecule has 2 rings (SSSR count). The van der Waals surface area contributed by atoms with Gasteiger partial charge in [0.25, 0.3) is 0 Å². The van der Waals surface area contributed by atoms with Gasteiger partial charge in [-0.05, 0) is 12.0 Å². The fraction of sp³-hybridized carbons (Fsp3) is 0.562. The summed E-state index contributed by atoms with van der Waals surface area (Å²) < 4.78 is 11.7. The average Bonchev–Trinajstić information content (AvgIpc) is 2.83. The van der Waals surface area contributed by atoms with E-state index in [1.54, 1.807) is 0 Å². The molecule has 1 fully saturated rings. The van der Waals surface area contributed by atoms with Gasteiger partial charge in [0, 0.05) is 28.9 Å². The molecular formula is C16H24N2O2S. The van der Waals surface area contributed by atoms with Gasteiger partial charge in [0.2, 0.25) is 5.91 Å². The first-order valence-corrected chi connectivity index (χ1v) is 9.12. The monoisotopic (exact) mass is 308 g/mol.